The highest BCUT2D eigenvalue weighted by molar-refractivity contribution is 6.16. The van der Waals surface area contributed by atoms with Gasteiger partial charge in [-0.1, -0.05) is 0 Å². The van der Waals surface area contributed by atoms with Gasteiger partial charge in [0.1, 0.15) is 6.61 Å². The molecule has 2 N–H and O–H groups in total. The van der Waals surface area contributed by atoms with Crippen LogP contribution in [0.4, 0.5) is 11.4 Å². The van der Waals surface area contributed by atoms with Crippen LogP contribution in [0.25, 0.3) is 0 Å². The second-order valence-electron chi connectivity index (χ2n) is 3.87. The fraction of sp³-hybridized carbons (Fsp3) is 0.333. The Morgan fingerprint density at radius 3 is 2.88 bits per heavy atom. The van der Waals surface area contributed by atoms with Gasteiger partial charge in [0.2, 0.25) is 5.91 Å². The van der Waals surface area contributed by atoms with Crippen LogP contribution in [0, 0.1) is 0 Å². The fourth-order valence-electron chi connectivity index (χ4n) is 1.99. The number of fused-ring (bicyclic) bond motifs is 1. The first-order valence-electron chi connectivity index (χ1n) is 5.44. The molecule has 17 heavy (non-hydrogen) atoms. The van der Waals surface area contributed by atoms with Crippen molar-refractivity contribution in [2.24, 2.45) is 0 Å². The first-order chi connectivity index (χ1) is 8.17. The smallest absolute Gasteiger partial charge is 0.259 e. The summed E-state index contributed by atoms with van der Waals surface area (Å²) in [4.78, 5) is 24.3. The van der Waals surface area contributed by atoms with E-state index in [4.69, 9.17) is 5.11 Å². The molecule has 0 spiro atoms. The van der Waals surface area contributed by atoms with Gasteiger partial charge >= 0.3 is 0 Å². The van der Waals surface area contributed by atoms with Crippen molar-refractivity contribution in [2.45, 2.75) is 12.8 Å². The minimum atomic E-state index is -0.654. The van der Waals surface area contributed by atoms with Crippen molar-refractivity contribution in [1.29, 1.82) is 0 Å². The summed E-state index contributed by atoms with van der Waals surface area (Å²) in [6, 6.07) is 5.44. The normalized spacial score (nSPS) is 14.5. The molecular weight excluding hydrogens is 220 g/mol. The lowest BCUT2D eigenvalue weighted by atomic mass is 10.0. The van der Waals surface area contributed by atoms with E-state index in [9.17, 15) is 9.59 Å². The van der Waals surface area contributed by atoms with Crippen molar-refractivity contribution in [3.63, 3.8) is 0 Å². The van der Waals surface area contributed by atoms with E-state index in [1.54, 1.807) is 12.1 Å². The number of nitrogens with zero attached hydrogens (tertiary/aromatic N) is 1. The Balaban J connectivity index is 2.45. The molecule has 1 aromatic rings. The third-order valence-corrected chi connectivity index (χ3v) is 2.85. The molecule has 0 aliphatic carbocycles. The number of carbonyl (C=O) groups is 2. The molecule has 0 fully saturated rings. The highest BCUT2D eigenvalue weighted by atomic mass is 16.3. The van der Waals surface area contributed by atoms with Gasteiger partial charge in [0, 0.05) is 19.2 Å². The minimum absolute atomic E-state index is 0.256. The van der Waals surface area contributed by atoms with Crippen molar-refractivity contribution in [2.75, 3.05) is 23.9 Å². The molecule has 1 heterocycles. The van der Waals surface area contributed by atoms with E-state index in [0.29, 0.717) is 18.5 Å². The summed E-state index contributed by atoms with van der Waals surface area (Å²) in [5, 5.41) is 11.9. The quantitative estimate of drug-likeness (QED) is 0.783. The van der Waals surface area contributed by atoms with Crippen LogP contribution < -0.4 is 10.2 Å². The van der Waals surface area contributed by atoms with E-state index in [-0.39, 0.29) is 5.91 Å². The number of hydrogen-bond donors (Lipinski definition) is 2. The maximum absolute atomic E-state index is 11.7. The van der Waals surface area contributed by atoms with E-state index < -0.39 is 12.5 Å². The number of amides is 2. The van der Waals surface area contributed by atoms with E-state index in [2.05, 4.69) is 5.32 Å². The standard InChI is InChI=1S/C12H14N2O3/c1-13-9-3-4-10-8(6-9)2-5-11(16)14(10)12(17)7-15/h3-4,6,13,15H,2,5,7H2,1H3. The van der Waals surface area contributed by atoms with Crippen molar-refractivity contribution in [3.8, 4) is 0 Å². The number of anilines is 2. The monoisotopic (exact) mass is 234 g/mol. The van der Waals surface area contributed by atoms with Crippen molar-refractivity contribution in [1.82, 2.24) is 0 Å². The van der Waals surface area contributed by atoms with Gasteiger partial charge in [-0.3, -0.25) is 9.59 Å². The zero-order valence-electron chi connectivity index (χ0n) is 9.56. The third kappa shape index (κ3) is 2.01. The van der Waals surface area contributed by atoms with E-state index in [1.807, 2.05) is 13.1 Å². The maximum Gasteiger partial charge on any atom is 0.259 e. The predicted octanol–water partition coefficient (Wildman–Crippen LogP) is 0.526. The Labute approximate surface area is 99.0 Å². The Kier molecular flexibility index (Phi) is 3.10. The van der Waals surface area contributed by atoms with Crippen molar-refractivity contribution >= 4 is 23.2 Å². The zero-order chi connectivity index (χ0) is 12.4. The number of rotatable bonds is 2. The molecule has 5 heteroatoms. The summed E-state index contributed by atoms with van der Waals surface area (Å²) < 4.78 is 0. The number of carbonyl (C=O) groups excluding carboxylic acids is 2. The van der Waals surface area contributed by atoms with Crippen LogP contribution >= 0.6 is 0 Å². The molecule has 1 aromatic carbocycles. The average Bonchev–Trinajstić information content (AvgIpc) is 2.37. The number of aliphatic hydroxyl groups is 1. The number of nitrogens with one attached hydrogen (secondary N) is 1. The van der Waals surface area contributed by atoms with Gasteiger partial charge in [-0.15, -0.1) is 0 Å². The van der Waals surface area contributed by atoms with Crippen molar-refractivity contribution in [3.05, 3.63) is 23.8 Å². The molecule has 5 nitrogen and oxygen atoms in total. The van der Waals surface area contributed by atoms with E-state index in [1.165, 1.54) is 0 Å². The average molecular weight is 234 g/mol. The SMILES string of the molecule is CNc1ccc2c(c1)CCC(=O)N2C(=O)CO. The Bertz CT molecular complexity index is 471. The second-order valence-corrected chi connectivity index (χ2v) is 3.87. The summed E-state index contributed by atoms with van der Waals surface area (Å²) in [5.74, 6) is -0.832. The van der Waals surface area contributed by atoms with Crippen LogP contribution in [0.5, 0.6) is 0 Å². The van der Waals surface area contributed by atoms with Crippen LogP contribution in [0.2, 0.25) is 0 Å². The number of aliphatic hydroxyl groups excluding tert-OH is 1. The highest BCUT2D eigenvalue weighted by Gasteiger charge is 2.28. The number of hydrogen-bond acceptors (Lipinski definition) is 4. The maximum atomic E-state index is 11.7. The van der Waals surface area contributed by atoms with Crippen molar-refractivity contribution < 1.29 is 14.7 Å². The molecule has 90 valence electrons. The predicted molar refractivity (Wildman–Crippen MR) is 63.9 cm³/mol. The minimum Gasteiger partial charge on any atom is -0.388 e. The molecule has 0 radical (unpaired) electrons. The second kappa shape index (κ2) is 4.55. The van der Waals surface area contributed by atoms with Gasteiger partial charge < -0.3 is 10.4 Å². The van der Waals surface area contributed by atoms with E-state index in [0.717, 1.165) is 16.2 Å². The summed E-state index contributed by atoms with van der Waals surface area (Å²) in [6.07, 6.45) is 0.921. The van der Waals surface area contributed by atoms with Crippen LogP contribution in [0.1, 0.15) is 12.0 Å². The lowest BCUT2D eigenvalue weighted by molar-refractivity contribution is -0.128. The Hall–Kier alpha value is -1.88. The largest absolute Gasteiger partial charge is 0.388 e. The third-order valence-electron chi connectivity index (χ3n) is 2.85. The van der Waals surface area contributed by atoms with Gasteiger partial charge in [-0.25, -0.2) is 4.90 Å². The fourth-order valence-corrected chi connectivity index (χ4v) is 1.99. The van der Waals surface area contributed by atoms with E-state index >= 15 is 0 Å². The van der Waals surface area contributed by atoms with Crippen LogP contribution in [0.15, 0.2) is 18.2 Å². The molecular formula is C12H14N2O3. The lowest BCUT2D eigenvalue weighted by Crippen LogP contribution is -2.41. The molecule has 0 saturated heterocycles. The number of benzene rings is 1. The first kappa shape index (κ1) is 11.6. The highest BCUT2D eigenvalue weighted by Crippen LogP contribution is 2.30. The Morgan fingerprint density at radius 1 is 1.47 bits per heavy atom. The van der Waals surface area contributed by atoms with Crippen LogP contribution in [0.3, 0.4) is 0 Å². The van der Waals surface area contributed by atoms with Crippen LogP contribution in [-0.4, -0.2) is 30.6 Å². The van der Waals surface area contributed by atoms with Gasteiger partial charge in [0.05, 0.1) is 5.69 Å². The van der Waals surface area contributed by atoms with Gasteiger partial charge in [0.15, 0.2) is 0 Å². The zero-order valence-corrected chi connectivity index (χ0v) is 9.56. The lowest BCUT2D eigenvalue weighted by Gasteiger charge is -2.27. The molecule has 1 aliphatic heterocycles. The molecule has 0 bridgehead atoms. The number of aryl methyl sites for hydroxylation is 1. The Morgan fingerprint density at radius 2 is 2.24 bits per heavy atom. The summed E-state index contributed by atoms with van der Waals surface area (Å²) in [5.41, 5.74) is 2.46. The van der Waals surface area contributed by atoms with Gasteiger partial charge in [-0.2, -0.15) is 0 Å². The molecule has 2 rings (SSSR count). The topological polar surface area (TPSA) is 69.6 Å². The molecule has 1 aliphatic rings. The molecule has 0 unspecified atom stereocenters. The van der Waals surface area contributed by atoms with Gasteiger partial charge in [-0.05, 0) is 30.2 Å². The van der Waals surface area contributed by atoms with Crippen LogP contribution in [-0.2, 0) is 16.0 Å². The molecule has 0 atom stereocenters. The summed E-state index contributed by atoms with van der Waals surface area (Å²) in [7, 11) is 1.81. The summed E-state index contributed by atoms with van der Waals surface area (Å²) >= 11 is 0. The summed E-state index contributed by atoms with van der Waals surface area (Å²) in [6.45, 7) is -0.654. The molecule has 0 aromatic heterocycles. The van der Waals surface area contributed by atoms with Gasteiger partial charge in [0.25, 0.3) is 5.91 Å². The molecule has 2 amide bonds. The number of imide groups is 1. The molecule has 0 saturated carbocycles. The first-order valence-corrected chi connectivity index (χ1v) is 5.44.